The number of anilines is 1. The van der Waals surface area contributed by atoms with Crippen molar-refractivity contribution in [3.8, 4) is 0 Å². The molecule has 0 spiro atoms. The minimum absolute atomic E-state index is 0.245. The molecule has 1 N–H and O–H groups in total. The van der Waals surface area contributed by atoms with Gasteiger partial charge in [-0.15, -0.1) is 0 Å². The van der Waals surface area contributed by atoms with Crippen LogP contribution in [0.3, 0.4) is 0 Å². The van der Waals surface area contributed by atoms with Crippen LogP contribution < -0.4 is 5.32 Å². The molecule has 1 atom stereocenters. The maximum atomic E-state index is 5.97. The number of rotatable bonds is 6. The molecular weight excluding hydrogens is 364 g/mol. The summed E-state index contributed by atoms with van der Waals surface area (Å²) in [5.41, 5.74) is 3.54. The highest BCUT2D eigenvalue weighted by atomic mass is 35.5. The molecule has 1 saturated heterocycles. The highest BCUT2D eigenvalue weighted by Gasteiger charge is 2.21. The van der Waals surface area contributed by atoms with Gasteiger partial charge < -0.3 is 15.0 Å². The predicted molar refractivity (Wildman–Crippen MR) is 113 cm³/mol. The minimum Gasteiger partial charge on any atom is -0.376 e. The zero-order valence-corrected chi connectivity index (χ0v) is 16.7. The summed E-state index contributed by atoms with van der Waals surface area (Å²) in [6.45, 7) is 4.59. The lowest BCUT2D eigenvalue weighted by atomic mass is 10.1. The number of nitrogens with one attached hydrogen (secondary N) is 1. The molecule has 2 aromatic carbocycles. The summed E-state index contributed by atoms with van der Waals surface area (Å²) in [7, 11) is 0. The third-order valence-electron chi connectivity index (χ3n) is 4.64. The first-order valence-electron chi connectivity index (χ1n) is 9.15. The smallest absolute Gasteiger partial charge is 0.173 e. The van der Waals surface area contributed by atoms with Gasteiger partial charge in [-0.05, 0) is 66.9 Å². The Hall–Kier alpha value is -1.62. The van der Waals surface area contributed by atoms with Crippen molar-refractivity contribution in [1.82, 2.24) is 4.90 Å². The molecule has 0 aromatic heterocycles. The number of ether oxygens (including phenoxy) is 1. The molecule has 1 unspecified atom stereocenters. The molecule has 3 rings (SSSR count). The lowest BCUT2D eigenvalue weighted by molar-refractivity contribution is 0.0905. The van der Waals surface area contributed by atoms with E-state index in [-0.39, 0.29) is 6.10 Å². The van der Waals surface area contributed by atoms with E-state index >= 15 is 0 Å². The van der Waals surface area contributed by atoms with Crippen molar-refractivity contribution in [2.75, 3.05) is 18.5 Å². The summed E-state index contributed by atoms with van der Waals surface area (Å²) in [6, 6.07) is 16.4. The van der Waals surface area contributed by atoms with Crippen LogP contribution >= 0.6 is 23.8 Å². The number of hydrogen-bond donors (Lipinski definition) is 1. The Morgan fingerprint density at radius 1 is 1.15 bits per heavy atom. The molecule has 0 radical (unpaired) electrons. The molecule has 3 nitrogen and oxygen atoms in total. The summed E-state index contributed by atoms with van der Waals surface area (Å²) in [4.78, 5) is 2.20. The van der Waals surface area contributed by atoms with Crippen molar-refractivity contribution >= 4 is 34.6 Å². The van der Waals surface area contributed by atoms with E-state index in [1.54, 1.807) is 0 Å². The van der Waals surface area contributed by atoms with Gasteiger partial charge in [0.05, 0.1) is 6.10 Å². The Balaban J connectivity index is 1.70. The second-order valence-electron chi connectivity index (χ2n) is 6.62. The summed E-state index contributed by atoms with van der Waals surface area (Å²) < 4.78 is 5.83. The molecule has 0 bridgehead atoms. The highest BCUT2D eigenvalue weighted by molar-refractivity contribution is 7.80. The van der Waals surface area contributed by atoms with Crippen LogP contribution in [-0.2, 0) is 17.7 Å². The van der Waals surface area contributed by atoms with Crippen molar-refractivity contribution in [2.24, 2.45) is 0 Å². The van der Waals surface area contributed by atoms with Gasteiger partial charge in [-0.25, -0.2) is 0 Å². The van der Waals surface area contributed by atoms with Crippen molar-refractivity contribution in [3.63, 3.8) is 0 Å². The summed E-state index contributed by atoms with van der Waals surface area (Å²) >= 11 is 11.7. The second-order valence-corrected chi connectivity index (χ2v) is 7.45. The fourth-order valence-electron chi connectivity index (χ4n) is 3.09. The first-order valence-corrected chi connectivity index (χ1v) is 9.93. The van der Waals surface area contributed by atoms with Crippen LogP contribution in [-0.4, -0.2) is 29.3 Å². The highest BCUT2D eigenvalue weighted by Crippen LogP contribution is 2.18. The molecule has 0 amide bonds. The Labute approximate surface area is 166 Å². The van der Waals surface area contributed by atoms with Crippen molar-refractivity contribution in [3.05, 3.63) is 64.7 Å². The average molecular weight is 389 g/mol. The molecule has 1 heterocycles. The predicted octanol–water partition coefficient (Wildman–Crippen LogP) is 5.28. The topological polar surface area (TPSA) is 24.5 Å². The van der Waals surface area contributed by atoms with Gasteiger partial charge in [0.2, 0.25) is 0 Å². The fraction of sp³-hybridized carbons (Fsp3) is 0.381. The van der Waals surface area contributed by atoms with E-state index in [1.807, 2.05) is 24.3 Å². The third-order valence-corrected chi connectivity index (χ3v) is 5.25. The van der Waals surface area contributed by atoms with Gasteiger partial charge in [0, 0.05) is 30.4 Å². The van der Waals surface area contributed by atoms with E-state index in [9.17, 15) is 0 Å². The number of halogens is 1. The second kappa shape index (κ2) is 9.36. The third kappa shape index (κ3) is 5.44. The van der Waals surface area contributed by atoms with Gasteiger partial charge in [0.15, 0.2) is 5.11 Å². The van der Waals surface area contributed by atoms with Crippen LogP contribution in [0.2, 0.25) is 5.02 Å². The first-order chi connectivity index (χ1) is 12.6. The SMILES string of the molecule is CCc1ccc(CN(CC2CCCO2)C(=S)Nc2ccc(Cl)cc2)cc1. The molecule has 5 heteroatoms. The van der Waals surface area contributed by atoms with Crippen LogP contribution in [0.5, 0.6) is 0 Å². The number of hydrogen-bond acceptors (Lipinski definition) is 2. The standard InChI is InChI=1S/C21H25ClN2OS/c1-2-16-5-7-17(8-6-16)14-24(15-20-4-3-13-25-20)21(26)23-19-11-9-18(22)10-12-19/h5-12,20H,2-4,13-15H2,1H3,(H,23,26). The normalized spacial score (nSPS) is 16.5. The van der Waals surface area contributed by atoms with Crippen LogP contribution in [0.15, 0.2) is 48.5 Å². The molecule has 2 aromatic rings. The zero-order chi connectivity index (χ0) is 18.4. The monoisotopic (exact) mass is 388 g/mol. The lowest BCUT2D eigenvalue weighted by Gasteiger charge is -2.28. The fourth-order valence-corrected chi connectivity index (χ4v) is 3.47. The van der Waals surface area contributed by atoms with Crippen molar-refractivity contribution in [2.45, 2.75) is 38.8 Å². The van der Waals surface area contributed by atoms with E-state index in [0.29, 0.717) is 10.1 Å². The minimum atomic E-state index is 0.245. The number of nitrogens with zero attached hydrogens (tertiary/aromatic N) is 1. The molecule has 1 aliphatic heterocycles. The Bertz CT molecular complexity index is 712. The molecule has 138 valence electrons. The lowest BCUT2D eigenvalue weighted by Crippen LogP contribution is -2.39. The van der Waals surface area contributed by atoms with Crippen molar-refractivity contribution in [1.29, 1.82) is 0 Å². The van der Waals surface area contributed by atoms with Crippen LogP contribution in [0.1, 0.15) is 30.9 Å². The van der Waals surface area contributed by atoms with E-state index in [2.05, 4.69) is 41.4 Å². The maximum Gasteiger partial charge on any atom is 0.173 e. The Kier molecular flexibility index (Phi) is 6.89. The quantitative estimate of drug-likeness (QED) is 0.680. The Morgan fingerprint density at radius 2 is 1.85 bits per heavy atom. The van der Waals surface area contributed by atoms with Crippen LogP contribution in [0.25, 0.3) is 0 Å². The number of aryl methyl sites for hydroxylation is 1. The summed E-state index contributed by atoms with van der Waals surface area (Å²) in [5, 5.41) is 4.76. The van der Waals surface area contributed by atoms with Gasteiger partial charge in [-0.3, -0.25) is 0 Å². The van der Waals surface area contributed by atoms with Gasteiger partial charge in [0.25, 0.3) is 0 Å². The number of thiocarbonyl (C=S) groups is 1. The maximum absolute atomic E-state index is 5.97. The summed E-state index contributed by atoms with van der Waals surface area (Å²) in [5.74, 6) is 0. The zero-order valence-electron chi connectivity index (χ0n) is 15.1. The average Bonchev–Trinajstić information content (AvgIpc) is 3.17. The molecule has 0 aliphatic carbocycles. The molecule has 0 saturated carbocycles. The molecule has 26 heavy (non-hydrogen) atoms. The largest absolute Gasteiger partial charge is 0.376 e. The van der Waals surface area contributed by atoms with Crippen LogP contribution in [0.4, 0.5) is 5.69 Å². The molecule has 1 aliphatic rings. The van der Waals surface area contributed by atoms with Gasteiger partial charge in [-0.1, -0.05) is 42.8 Å². The van der Waals surface area contributed by atoms with E-state index < -0.39 is 0 Å². The van der Waals surface area contributed by atoms with Gasteiger partial charge in [0.1, 0.15) is 0 Å². The number of benzene rings is 2. The molecular formula is C21H25ClN2OS. The summed E-state index contributed by atoms with van der Waals surface area (Å²) in [6.07, 6.45) is 3.52. The Morgan fingerprint density at radius 3 is 2.46 bits per heavy atom. The molecule has 1 fully saturated rings. The van der Waals surface area contributed by atoms with Gasteiger partial charge >= 0.3 is 0 Å². The van der Waals surface area contributed by atoms with Crippen molar-refractivity contribution < 1.29 is 4.74 Å². The van der Waals surface area contributed by atoms with Crippen LogP contribution in [0, 0.1) is 0 Å². The first kappa shape index (κ1) is 19.2. The van der Waals surface area contributed by atoms with Gasteiger partial charge in [-0.2, -0.15) is 0 Å². The van der Waals surface area contributed by atoms with E-state index in [1.165, 1.54) is 11.1 Å². The van der Waals surface area contributed by atoms with E-state index in [0.717, 1.165) is 44.6 Å². The van der Waals surface area contributed by atoms with E-state index in [4.69, 9.17) is 28.6 Å².